The molecule has 0 spiro atoms. The van der Waals surface area contributed by atoms with E-state index in [0.29, 0.717) is 10.2 Å². The lowest BCUT2D eigenvalue weighted by Crippen LogP contribution is -2.25. The monoisotopic (exact) mass is 421 g/mol. The fourth-order valence-corrected chi connectivity index (χ4v) is 4.20. The second-order valence-electron chi connectivity index (χ2n) is 6.66. The topological polar surface area (TPSA) is 77.8 Å². The molecule has 0 aliphatic rings. The molecular formula is C23H19NO5S. The number of carboxylic acids is 1. The lowest BCUT2D eigenvalue weighted by Gasteiger charge is -2.15. The summed E-state index contributed by atoms with van der Waals surface area (Å²) in [6, 6.07) is 18.5. The van der Waals surface area contributed by atoms with Gasteiger partial charge in [0, 0.05) is 0 Å². The Morgan fingerprint density at radius 1 is 1.03 bits per heavy atom. The number of hydrogen-bond acceptors (Lipinski definition) is 5. The minimum Gasteiger partial charge on any atom is -0.497 e. The van der Waals surface area contributed by atoms with Crippen molar-refractivity contribution in [2.45, 2.75) is 13.2 Å². The Labute approximate surface area is 176 Å². The number of nitrogens with zero attached hydrogens (tertiary/aromatic N) is 1. The van der Waals surface area contributed by atoms with Crippen LogP contribution in [0.4, 0.5) is 0 Å². The van der Waals surface area contributed by atoms with Gasteiger partial charge in [-0.1, -0.05) is 42.5 Å². The van der Waals surface area contributed by atoms with E-state index >= 15 is 0 Å². The van der Waals surface area contributed by atoms with E-state index in [9.17, 15) is 14.7 Å². The van der Waals surface area contributed by atoms with Crippen LogP contribution >= 0.6 is 11.3 Å². The van der Waals surface area contributed by atoms with E-state index < -0.39 is 11.5 Å². The molecule has 152 valence electrons. The molecule has 2 aromatic heterocycles. The van der Waals surface area contributed by atoms with Crippen molar-refractivity contribution in [3.05, 3.63) is 93.1 Å². The first-order valence-corrected chi connectivity index (χ1v) is 10.1. The molecule has 1 N–H and O–H groups in total. The Morgan fingerprint density at radius 2 is 1.77 bits per heavy atom. The third kappa shape index (κ3) is 3.79. The molecule has 6 nitrogen and oxygen atoms in total. The Bertz CT molecular complexity index is 1240. The first kappa shape index (κ1) is 19.7. The van der Waals surface area contributed by atoms with Crippen molar-refractivity contribution in [3.8, 4) is 11.5 Å². The molecule has 0 amide bonds. The van der Waals surface area contributed by atoms with Crippen molar-refractivity contribution < 1.29 is 19.4 Å². The highest BCUT2D eigenvalue weighted by atomic mass is 32.1. The number of methoxy groups -OCH3 is 1. The molecule has 0 aliphatic heterocycles. The normalized spacial score (nSPS) is 10.8. The van der Waals surface area contributed by atoms with E-state index in [1.807, 2.05) is 54.6 Å². The van der Waals surface area contributed by atoms with Crippen molar-refractivity contribution in [1.29, 1.82) is 0 Å². The van der Waals surface area contributed by atoms with Crippen LogP contribution in [0.15, 0.2) is 70.8 Å². The standard InChI is InChI=1S/C23H19NO5S/c1-28-17-9-7-15(8-10-17)13-24-18-11-12-30-21(18)19(23(26)27)20(22(24)25)29-14-16-5-3-2-4-6-16/h2-12H,13-14H2,1H3,(H,26,27). The number of benzene rings is 2. The SMILES string of the molecule is COc1ccc(Cn2c(=O)c(OCc3ccccc3)c(C(=O)O)c3sccc32)cc1. The predicted octanol–water partition coefficient (Wildman–Crippen LogP) is 4.40. The van der Waals surface area contributed by atoms with Gasteiger partial charge in [0.1, 0.15) is 17.9 Å². The number of aromatic carboxylic acids is 1. The molecule has 2 heterocycles. The summed E-state index contributed by atoms with van der Waals surface area (Å²) >= 11 is 1.28. The number of aromatic nitrogens is 1. The summed E-state index contributed by atoms with van der Waals surface area (Å²) in [5, 5.41) is 11.6. The molecule has 0 atom stereocenters. The Balaban J connectivity index is 1.80. The molecule has 0 unspecified atom stereocenters. The number of ether oxygens (including phenoxy) is 2. The second-order valence-corrected chi connectivity index (χ2v) is 7.57. The molecule has 2 aromatic carbocycles. The molecule has 0 aliphatic carbocycles. The van der Waals surface area contributed by atoms with Gasteiger partial charge in [-0.15, -0.1) is 11.3 Å². The molecule has 4 aromatic rings. The van der Waals surface area contributed by atoms with Crippen molar-refractivity contribution in [3.63, 3.8) is 0 Å². The lowest BCUT2D eigenvalue weighted by molar-refractivity contribution is 0.0693. The molecule has 0 radical (unpaired) electrons. The van der Waals surface area contributed by atoms with Gasteiger partial charge in [-0.2, -0.15) is 0 Å². The third-order valence-corrected chi connectivity index (χ3v) is 5.69. The summed E-state index contributed by atoms with van der Waals surface area (Å²) in [4.78, 5) is 25.3. The number of hydrogen-bond donors (Lipinski definition) is 1. The van der Waals surface area contributed by atoms with E-state index in [0.717, 1.165) is 16.9 Å². The maximum atomic E-state index is 13.3. The highest BCUT2D eigenvalue weighted by Gasteiger charge is 2.24. The van der Waals surface area contributed by atoms with Crippen molar-refractivity contribution in [1.82, 2.24) is 4.57 Å². The largest absolute Gasteiger partial charge is 0.497 e. The minimum absolute atomic E-state index is 0.0908. The van der Waals surface area contributed by atoms with Crippen LogP contribution in [0.1, 0.15) is 21.5 Å². The second kappa shape index (κ2) is 8.42. The Morgan fingerprint density at radius 3 is 2.43 bits per heavy atom. The van der Waals surface area contributed by atoms with E-state index in [1.54, 1.807) is 23.1 Å². The van der Waals surface area contributed by atoms with Crippen LogP contribution in [0, 0.1) is 0 Å². The fourth-order valence-electron chi connectivity index (χ4n) is 3.27. The van der Waals surface area contributed by atoms with Crippen LogP contribution in [-0.4, -0.2) is 22.8 Å². The first-order chi connectivity index (χ1) is 14.6. The summed E-state index contributed by atoms with van der Waals surface area (Å²) in [5.41, 5.74) is 1.76. The number of thiophene rings is 1. The molecule has 7 heteroatoms. The van der Waals surface area contributed by atoms with Crippen LogP contribution in [0.25, 0.3) is 10.2 Å². The number of pyridine rings is 1. The molecule has 0 saturated heterocycles. The van der Waals surface area contributed by atoms with Gasteiger partial charge in [-0.3, -0.25) is 9.36 Å². The third-order valence-electron chi connectivity index (χ3n) is 4.77. The maximum Gasteiger partial charge on any atom is 0.341 e. The van der Waals surface area contributed by atoms with E-state index in [-0.39, 0.29) is 24.5 Å². The zero-order chi connectivity index (χ0) is 21.1. The van der Waals surface area contributed by atoms with Crippen molar-refractivity contribution >= 4 is 27.5 Å². The van der Waals surface area contributed by atoms with Gasteiger partial charge in [-0.05, 0) is 34.7 Å². The predicted molar refractivity (Wildman–Crippen MR) is 116 cm³/mol. The molecule has 0 saturated carbocycles. The quantitative estimate of drug-likeness (QED) is 0.479. The van der Waals surface area contributed by atoms with Crippen molar-refractivity contribution in [2.75, 3.05) is 7.11 Å². The van der Waals surface area contributed by atoms with Crippen molar-refractivity contribution in [2.24, 2.45) is 0 Å². The molecule has 0 fully saturated rings. The van der Waals surface area contributed by atoms with Gasteiger partial charge in [0.2, 0.25) is 5.75 Å². The molecule has 30 heavy (non-hydrogen) atoms. The number of fused-ring (bicyclic) bond motifs is 1. The first-order valence-electron chi connectivity index (χ1n) is 9.25. The van der Waals surface area contributed by atoms with E-state index in [1.165, 1.54) is 11.3 Å². The summed E-state index contributed by atoms with van der Waals surface area (Å²) in [7, 11) is 1.59. The van der Waals surface area contributed by atoms with Gasteiger partial charge in [0.25, 0.3) is 5.56 Å². The summed E-state index contributed by atoms with van der Waals surface area (Å²) < 4.78 is 13.0. The van der Waals surface area contributed by atoms with Gasteiger partial charge in [0.15, 0.2) is 0 Å². The lowest BCUT2D eigenvalue weighted by atomic mass is 10.1. The van der Waals surface area contributed by atoms with Gasteiger partial charge in [-0.25, -0.2) is 4.79 Å². The Kier molecular flexibility index (Phi) is 5.54. The highest BCUT2D eigenvalue weighted by Crippen LogP contribution is 2.30. The van der Waals surface area contributed by atoms with Crippen LogP contribution in [0.3, 0.4) is 0 Å². The van der Waals surface area contributed by atoms with Crippen LogP contribution in [0.5, 0.6) is 11.5 Å². The number of carbonyl (C=O) groups is 1. The van der Waals surface area contributed by atoms with Crippen LogP contribution < -0.4 is 15.0 Å². The average molecular weight is 421 g/mol. The average Bonchev–Trinajstić information content (AvgIpc) is 3.24. The van der Waals surface area contributed by atoms with Gasteiger partial charge in [0.05, 0.1) is 23.9 Å². The van der Waals surface area contributed by atoms with Crippen LogP contribution in [-0.2, 0) is 13.2 Å². The number of rotatable bonds is 7. The smallest absolute Gasteiger partial charge is 0.341 e. The number of carboxylic acid groups (broad SMARTS) is 1. The molecule has 0 bridgehead atoms. The summed E-state index contributed by atoms with van der Waals surface area (Å²) in [6.07, 6.45) is 0. The summed E-state index contributed by atoms with van der Waals surface area (Å²) in [6.45, 7) is 0.396. The van der Waals surface area contributed by atoms with E-state index in [2.05, 4.69) is 0 Å². The summed E-state index contributed by atoms with van der Waals surface area (Å²) in [5.74, 6) is -0.603. The fraction of sp³-hybridized carbons (Fsp3) is 0.130. The highest BCUT2D eigenvalue weighted by molar-refractivity contribution is 7.17. The van der Waals surface area contributed by atoms with Crippen LogP contribution in [0.2, 0.25) is 0 Å². The van der Waals surface area contributed by atoms with Gasteiger partial charge >= 0.3 is 5.97 Å². The zero-order valence-corrected chi connectivity index (χ0v) is 17.0. The molecular weight excluding hydrogens is 402 g/mol. The zero-order valence-electron chi connectivity index (χ0n) is 16.2. The Hall–Kier alpha value is -3.58. The molecule has 4 rings (SSSR count). The minimum atomic E-state index is -1.18. The van der Waals surface area contributed by atoms with E-state index in [4.69, 9.17) is 9.47 Å². The maximum absolute atomic E-state index is 13.3. The van der Waals surface area contributed by atoms with Gasteiger partial charge < -0.3 is 14.6 Å².